The van der Waals surface area contributed by atoms with E-state index >= 15 is 0 Å². The molecule has 7 nitrogen and oxygen atoms in total. The number of aliphatic hydroxyl groups is 3. The van der Waals surface area contributed by atoms with Crippen molar-refractivity contribution in [2.75, 3.05) is 6.61 Å². The zero-order valence-corrected chi connectivity index (χ0v) is 18.3. The lowest BCUT2D eigenvalue weighted by atomic mass is 9.97. The number of nitrogens with one attached hydrogen (secondary N) is 1. The molecule has 2 aromatic rings. The molecule has 3 rings (SSSR count). The molecule has 0 bridgehead atoms. The third kappa shape index (κ3) is 5.73. The predicted molar refractivity (Wildman–Crippen MR) is 115 cm³/mol. The maximum atomic E-state index is 13.5. The number of halogens is 4. The van der Waals surface area contributed by atoms with Crippen LogP contribution in [0.5, 0.6) is 0 Å². The van der Waals surface area contributed by atoms with Crippen LogP contribution >= 0.6 is 23.4 Å². The van der Waals surface area contributed by atoms with Crippen molar-refractivity contribution in [1.29, 1.82) is 5.26 Å². The van der Waals surface area contributed by atoms with Crippen molar-refractivity contribution < 1.29 is 33.2 Å². The summed E-state index contributed by atoms with van der Waals surface area (Å²) in [6.07, 6.45) is -2.74. The number of nitrogens with zero attached hydrogens (tertiary/aromatic N) is 1. The van der Waals surface area contributed by atoms with Gasteiger partial charge in [-0.25, -0.2) is 13.2 Å². The molecule has 1 aliphatic heterocycles. The molecular weight excluding hydrogens is 483 g/mol. The summed E-state index contributed by atoms with van der Waals surface area (Å²) < 4.78 is 45.7. The SMILES string of the molecule is N#Cc1cc(Cl)cc(SC2OC(CO)C(O)C(N/C=C(\N)c3cc(F)c(F)c(F)c3)C2O)c1. The molecule has 5 unspecified atom stereocenters. The fourth-order valence-electron chi connectivity index (χ4n) is 3.20. The van der Waals surface area contributed by atoms with E-state index in [2.05, 4.69) is 5.32 Å². The van der Waals surface area contributed by atoms with Gasteiger partial charge < -0.3 is 31.1 Å². The number of nitriles is 1. The Morgan fingerprint density at radius 2 is 1.85 bits per heavy atom. The lowest BCUT2D eigenvalue weighted by Crippen LogP contribution is -2.62. The molecule has 1 fully saturated rings. The zero-order chi connectivity index (χ0) is 24.3. The lowest BCUT2D eigenvalue weighted by molar-refractivity contribution is -0.164. The van der Waals surface area contributed by atoms with Crippen LogP contribution in [0.4, 0.5) is 13.2 Å². The van der Waals surface area contributed by atoms with E-state index in [0.717, 1.165) is 18.0 Å². The van der Waals surface area contributed by atoms with Crippen LogP contribution < -0.4 is 11.1 Å². The van der Waals surface area contributed by atoms with E-state index < -0.39 is 53.8 Å². The van der Waals surface area contributed by atoms with Gasteiger partial charge in [-0.05, 0) is 30.3 Å². The van der Waals surface area contributed by atoms with Crippen molar-refractivity contribution in [3.8, 4) is 6.07 Å². The Kier molecular flexibility index (Phi) is 8.12. The van der Waals surface area contributed by atoms with Crippen LogP contribution in [0.2, 0.25) is 5.02 Å². The van der Waals surface area contributed by atoms with Crippen molar-refractivity contribution in [2.45, 2.75) is 34.7 Å². The van der Waals surface area contributed by atoms with Gasteiger partial charge in [0.25, 0.3) is 0 Å². The van der Waals surface area contributed by atoms with Gasteiger partial charge in [0, 0.05) is 21.7 Å². The van der Waals surface area contributed by atoms with Gasteiger partial charge in [-0.2, -0.15) is 5.26 Å². The molecule has 33 heavy (non-hydrogen) atoms. The molecule has 0 aliphatic carbocycles. The van der Waals surface area contributed by atoms with Crippen LogP contribution in [0, 0.1) is 28.8 Å². The Morgan fingerprint density at radius 3 is 2.45 bits per heavy atom. The quantitative estimate of drug-likeness (QED) is 0.380. The highest BCUT2D eigenvalue weighted by molar-refractivity contribution is 7.99. The summed E-state index contributed by atoms with van der Waals surface area (Å²) in [4.78, 5) is 0.502. The van der Waals surface area contributed by atoms with Crippen molar-refractivity contribution in [3.63, 3.8) is 0 Å². The number of aliphatic hydroxyl groups excluding tert-OH is 3. The molecular formula is C21H19ClF3N3O4S. The van der Waals surface area contributed by atoms with Gasteiger partial charge in [0.15, 0.2) is 17.5 Å². The first-order chi connectivity index (χ1) is 15.6. The first-order valence-corrected chi connectivity index (χ1v) is 10.8. The minimum Gasteiger partial charge on any atom is -0.397 e. The van der Waals surface area contributed by atoms with E-state index in [9.17, 15) is 28.5 Å². The number of hydrogen-bond donors (Lipinski definition) is 5. The van der Waals surface area contributed by atoms with Crippen LogP contribution in [-0.4, -0.2) is 51.7 Å². The van der Waals surface area contributed by atoms with E-state index in [4.69, 9.17) is 27.3 Å². The number of hydrogen-bond acceptors (Lipinski definition) is 8. The number of rotatable bonds is 6. The van der Waals surface area contributed by atoms with Gasteiger partial charge in [-0.1, -0.05) is 23.4 Å². The van der Waals surface area contributed by atoms with E-state index in [0.29, 0.717) is 22.1 Å². The third-order valence-electron chi connectivity index (χ3n) is 4.89. The number of ether oxygens (including phenoxy) is 1. The highest BCUT2D eigenvalue weighted by Crippen LogP contribution is 2.35. The molecule has 2 aromatic carbocycles. The van der Waals surface area contributed by atoms with Gasteiger partial charge in [0.1, 0.15) is 23.7 Å². The minimum absolute atomic E-state index is 0.164. The summed E-state index contributed by atoms with van der Waals surface area (Å²) in [6, 6.07) is 6.79. The maximum Gasteiger partial charge on any atom is 0.194 e. The van der Waals surface area contributed by atoms with Crippen LogP contribution in [0.15, 0.2) is 41.4 Å². The van der Waals surface area contributed by atoms with Gasteiger partial charge in [-0.3, -0.25) is 0 Å². The zero-order valence-electron chi connectivity index (χ0n) is 16.8. The van der Waals surface area contributed by atoms with Crippen LogP contribution in [0.3, 0.4) is 0 Å². The molecule has 1 saturated heterocycles. The normalized spacial score (nSPS) is 25.5. The highest BCUT2D eigenvalue weighted by atomic mass is 35.5. The van der Waals surface area contributed by atoms with Gasteiger partial charge in [0.05, 0.1) is 30.0 Å². The molecule has 5 atom stereocenters. The molecule has 1 heterocycles. The summed E-state index contributed by atoms with van der Waals surface area (Å²) in [6.45, 7) is -0.574. The Bertz CT molecular complexity index is 1080. The average molecular weight is 502 g/mol. The Labute approximate surface area is 196 Å². The first kappa shape index (κ1) is 25.2. The van der Waals surface area contributed by atoms with Crippen LogP contribution in [-0.2, 0) is 4.74 Å². The fraction of sp³-hybridized carbons (Fsp3) is 0.286. The molecule has 12 heteroatoms. The first-order valence-electron chi connectivity index (χ1n) is 9.51. The van der Waals surface area contributed by atoms with E-state index in [1.54, 1.807) is 6.07 Å². The van der Waals surface area contributed by atoms with Crippen molar-refractivity contribution in [1.82, 2.24) is 5.32 Å². The summed E-state index contributed by atoms with van der Waals surface area (Å²) >= 11 is 7.02. The molecule has 0 amide bonds. The largest absolute Gasteiger partial charge is 0.397 e. The van der Waals surface area contributed by atoms with Crippen molar-refractivity contribution >= 4 is 29.1 Å². The third-order valence-corrected chi connectivity index (χ3v) is 6.23. The fourth-order valence-corrected chi connectivity index (χ4v) is 4.67. The number of nitrogens with two attached hydrogens (primary N) is 1. The summed E-state index contributed by atoms with van der Waals surface area (Å²) in [5.41, 5.74) is 4.74. The smallest absolute Gasteiger partial charge is 0.194 e. The van der Waals surface area contributed by atoms with Crippen molar-refractivity contribution in [2.24, 2.45) is 5.73 Å². The monoisotopic (exact) mass is 501 g/mol. The Hall–Kier alpha value is -2.46. The predicted octanol–water partition coefficient (Wildman–Crippen LogP) is 2.08. The Morgan fingerprint density at radius 1 is 1.18 bits per heavy atom. The van der Waals surface area contributed by atoms with E-state index in [1.807, 2.05) is 6.07 Å². The summed E-state index contributed by atoms with van der Waals surface area (Å²) in [5, 5.41) is 43.0. The lowest BCUT2D eigenvalue weighted by Gasteiger charge is -2.42. The second-order valence-electron chi connectivity index (χ2n) is 7.16. The second-order valence-corrected chi connectivity index (χ2v) is 8.77. The van der Waals surface area contributed by atoms with E-state index in [-0.39, 0.29) is 16.8 Å². The van der Waals surface area contributed by atoms with Crippen molar-refractivity contribution in [3.05, 3.63) is 70.1 Å². The maximum absolute atomic E-state index is 13.5. The topological polar surface area (TPSA) is 132 Å². The average Bonchev–Trinajstić information content (AvgIpc) is 2.78. The summed E-state index contributed by atoms with van der Waals surface area (Å²) in [5.74, 6) is -4.49. The summed E-state index contributed by atoms with van der Waals surface area (Å²) in [7, 11) is 0. The number of thioether (sulfide) groups is 1. The molecule has 6 N–H and O–H groups in total. The Balaban J connectivity index is 1.82. The van der Waals surface area contributed by atoms with Crippen LogP contribution in [0.25, 0.3) is 5.70 Å². The molecule has 0 spiro atoms. The molecule has 0 radical (unpaired) electrons. The molecule has 0 aromatic heterocycles. The van der Waals surface area contributed by atoms with Gasteiger partial charge >= 0.3 is 0 Å². The highest BCUT2D eigenvalue weighted by Gasteiger charge is 2.44. The minimum atomic E-state index is -1.64. The molecule has 0 saturated carbocycles. The van der Waals surface area contributed by atoms with E-state index in [1.165, 1.54) is 12.1 Å². The van der Waals surface area contributed by atoms with Gasteiger partial charge in [0.2, 0.25) is 0 Å². The number of benzene rings is 2. The van der Waals surface area contributed by atoms with Gasteiger partial charge in [-0.15, -0.1) is 0 Å². The molecule has 176 valence electrons. The standard InChI is InChI=1S/C21H19ClF3N3O4S/c22-11-1-9(6-26)2-12(5-11)33-21-20(31)18(19(30)16(8-29)32-21)28-7-15(27)10-3-13(23)17(25)14(24)4-10/h1-5,7,16,18-21,28-31H,8,27H2/b15-7-. The second kappa shape index (κ2) is 10.6. The van der Waals surface area contributed by atoms with Crippen LogP contribution in [0.1, 0.15) is 11.1 Å². The molecule has 1 aliphatic rings.